The maximum Gasteiger partial charge on any atom is 0.343 e. The van der Waals surface area contributed by atoms with Crippen LogP contribution in [-0.2, 0) is 0 Å². The van der Waals surface area contributed by atoms with Crippen molar-refractivity contribution >= 4 is 93.0 Å². The van der Waals surface area contributed by atoms with Crippen LogP contribution in [0.2, 0.25) is 0 Å². The molecule has 670 valence electrons. The highest BCUT2D eigenvalue weighted by Crippen LogP contribution is 2.43. The largest absolute Gasteiger partial charge is 0.423 e. The molecule has 0 aromatic heterocycles. The summed E-state index contributed by atoms with van der Waals surface area (Å²) in [7, 11) is 0. The smallest absolute Gasteiger partial charge is 0.343 e. The van der Waals surface area contributed by atoms with Crippen LogP contribution >= 0.6 is 63.1 Å². The minimum atomic E-state index is -0.317. The van der Waals surface area contributed by atoms with Crippen molar-refractivity contribution < 1.29 is 71.2 Å². The summed E-state index contributed by atoms with van der Waals surface area (Å²) in [6.45, 7) is 11.4. The molecular weight excluding hydrogens is 1680 g/mol. The lowest BCUT2D eigenvalue weighted by molar-refractivity contribution is 0.0725. The zero-order chi connectivity index (χ0) is 84.7. The fourth-order valence-corrected chi connectivity index (χ4v) is 18.1. The Labute approximate surface area is 764 Å². The quantitative estimate of drug-likeness (QED) is 0.0218. The predicted octanol–water partition coefficient (Wildman–Crippen LogP) is 30.2. The highest BCUT2D eigenvalue weighted by molar-refractivity contribution is 7.81. The Hall–Kier alpha value is -9.05. The van der Waals surface area contributed by atoms with Gasteiger partial charge in [0.2, 0.25) is 0 Å². The van der Waals surface area contributed by atoms with E-state index in [1.54, 1.807) is 60.7 Å². The average Bonchev–Trinajstić information content (AvgIpc) is 0.855. The van der Waals surface area contributed by atoms with E-state index in [4.69, 9.17) is 23.7 Å². The number of carbonyl (C=O) groups is 5. The summed E-state index contributed by atoms with van der Waals surface area (Å²) in [6.07, 6.45) is 32.4. The van der Waals surface area contributed by atoms with Gasteiger partial charge >= 0.3 is 29.8 Å². The summed E-state index contributed by atoms with van der Waals surface area (Å²) in [5, 5.41) is 0. The molecule has 15 rings (SSSR count). The van der Waals surface area contributed by atoms with E-state index >= 15 is 0 Å². The molecule has 10 nitrogen and oxygen atoms in total. The lowest BCUT2D eigenvalue weighted by Gasteiger charge is -2.28. The molecule has 5 saturated carbocycles. The average molecular weight is 1800 g/mol. The molecule has 5 fully saturated rings. The number of benzene rings is 10. The third-order valence-electron chi connectivity index (χ3n) is 25.4. The normalized spacial score (nSPS) is 19.8. The van der Waals surface area contributed by atoms with Crippen LogP contribution in [0.4, 0.5) is 23.5 Å². The van der Waals surface area contributed by atoms with Gasteiger partial charge < -0.3 is 23.7 Å². The van der Waals surface area contributed by atoms with Gasteiger partial charge in [-0.25, -0.2) is 24.0 Å². The maximum atomic E-state index is 12.2. The van der Waals surface area contributed by atoms with Crippen LogP contribution in [-0.4, -0.2) is 29.8 Å². The van der Waals surface area contributed by atoms with Crippen molar-refractivity contribution in [2.75, 3.05) is 0 Å². The number of ether oxygens (including phenoxy) is 5. The van der Waals surface area contributed by atoms with E-state index in [1.807, 2.05) is 121 Å². The number of hydrogen-bond donors (Lipinski definition) is 5. The van der Waals surface area contributed by atoms with Crippen LogP contribution in [0, 0.1) is 29.6 Å². The van der Waals surface area contributed by atoms with Gasteiger partial charge in [-0.2, -0.15) is 0 Å². The second-order valence-corrected chi connectivity index (χ2v) is 35.7. The van der Waals surface area contributed by atoms with E-state index in [0.717, 1.165) is 54.1 Å². The summed E-state index contributed by atoms with van der Waals surface area (Å²) >= 11 is 21.1. The molecule has 0 atom stereocenters. The lowest BCUT2D eigenvalue weighted by atomic mass is 9.78. The Kier molecular flexibility index (Phi) is 45.4. The molecule has 0 radical (unpaired) electrons. The minimum absolute atomic E-state index is 0. The highest BCUT2D eigenvalue weighted by Gasteiger charge is 2.28. The van der Waals surface area contributed by atoms with Crippen LogP contribution in [0.1, 0.15) is 304 Å². The fraction of sp³-hybridized carbons (Fsp3) is 0.381. The molecule has 0 amide bonds. The van der Waals surface area contributed by atoms with E-state index in [-0.39, 0.29) is 53.4 Å². The van der Waals surface area contributed by atoms with Crippen molar-refractivity contribution in [1.82, 2.24) is 0 Å². The number of halogens is 5. The van der Waals surface area contributed by atoms with Crippen molar-refractivity contribution in [3.8, 4) is 28.7 Å². The van der Waals surface area contributed by atoms with Crippen LogP contribution in [0.3, 0.4) is 0 Å². The minimum Gasteiger partial charge on any atom is -0.423 e. The Morgan fingerprint density at radius 1 is 0.200 bits per heavy atom. The van der Waals surface area contributed by atoms with Crippen LogP contribution in [0.25, 0.3) is 0 Å². The number of hydrogen-bond acceptors (Lipinski definition) is 15. The molecule has 5 aliphatic rings. The van der Waals surface area contributed by atoms with Gasteiger partial charge in [0.05, 0.1) is 27.8 Å². The summed E-state index contributed by atoms with van der Waals surface area (Å²) in [5.74, 6) is 8.83. The molecule has 5 aliphatic carbocycles. The summed E-state index contributed by atoms with van der Waals surface area (Å²) in [6, 6.07) is 75.3. The zero-order valence-electron chi connectivity index (χ0n) is 72.4. The van der Waals surface area contributed by atoms with Crippen molar-refractivity contribution in [2.24, 2.45) is 29.6 Å². The molecule has 0 N–H and O–H groups in total. The third kappa shape index (κ3) is 33.0. The third-order valence-corrected chi connectivity index (χ3v) is 26.9. The zero-order valence-corrected chi connectivity index (χ0v) is 76.9. The van der Waals surface area contributed by atoms with E-state index in [2.05, 4.69) is 158 Å². The van der Waals surface area contributed by atoms with E-state index in [9.17, 15) is 24.0 Å². The number of rotatable bonds is 20. The van der Waals surface area contributed by atoms with Gasteiger partial charge in [0.15, 0.2) is 0 Å². The van der Waals surface area contributed by atoms with Crippen LogP contribution in [0.15, 0.2) is 267 Å². The Morgan fingerprint density at radius 2 is 0.320 bits per heavy atom. The van der Waals surface area contributed by atoms with E-state index < -0.39 is 0 Å². The maximum absolute atomic E-state index is 12.2. The molecule has 0 aliphatic heterocycles. The van der Waals surface area contributed by atoms with Crippen molar-refractivity contribution in [1.29, 1.82) is 0 Å². The first-order chi connectivity index (χ1) is 58.3. The lowest BCUT2D eigenvalue weighted by Crippen LogP contribution is -2.13. The monoisotopic (exact) mass is 1800 g/mol. The van der Waals surface area contributed by atoms with E-state index in [1.165, 1.54) is 188 Å². The molecule has 125 heavy (non-hydrogen) atoms. The van der Waals surface area contributed by atoms with Crippen molar-refractivity contribution in [2.45, 2.75) is 249 Å². The van der Waals surface area contributed by atoms with Crippen molar-refractivity contribution in [3.63, 3.8) is 0 Å². The Bertz CT molecular complexity index is 4080. The Balaban J connectivity index is 0.000000239. The van der Waals surface area contributed by atoms with Crippen LogP contribution in [0.5, 0.6) is 28.7 Å². The first-order valence-electron chi connectivity index (χ1n) is 43.8. The van der Waals surface area contributed by atoms with Gasteiger partial charge in [-0.15, -0.1) is 63.1 Å². The SMILES string of the molecule is CCC1CCC(c2ccc(C(=O)Oc3ccc(S)cc3)cc2)CC1.CCC1CCC(c2ccc(C(=O)Oc3ccc(S)cc3)cc2)CC1.CCC1CCC(c2ccc(C(=O)Oc3ccc(S)cc3)cc2)CC1.CCC1CCC(c2ccc(C(=O)Oc3ccc(S)cc3)cc2)CC1.CCC1CCC(c2ccc(C(=O)Oc3ccc(S)cc3)cc2)CC1.F.F.F.F.F. The summed E-state index contributed by atoms with van der Waals surface area (Å²) in [5.41, 5.74) is 9.71. The predicted molar refractivity (Wildman–Crippen MR) is 513 cm³/mol. The van der Waals surface area contributed by atoms with Gasteiger partial charge in [-0.05, 0) is 397 Å². The molecule has 0 spiro atoms. The molecule has 0 heterocycles. The number of carbonyl (C=O) groups excluding carboxylic acids is 5. The molecule has 0 bridgehead atoms. The number of thiol groups is 5. The summed E-state index contributed by atoms with van der Waals surface area (Å²) < 4.78 is 27.0. The second-order valence-electron chi connectivity index (χ2n) is 33.2. The molecule has 0 unspecified atom stereocenters. The van der Waals surface area contributed by atoms with Gasteiger partial charge in [0, 0.05) is 24.5 Å². The first-order valence-corrected chi connectivity index (χ1v) is 46.1. The van der Waals surface area contributed by atoms with Gasteiger partial charge in [-0.3, -0.25) is 23.5 Å². The van der Waals surface area contributed by atoms with Gasteiger partial charge in [0.25, 0.3) is 0 Å². The highest BCUT2D eigenvalue weighted by atomic mass is 32.1. The van der Waals surface area contributed by atoms with Crippen LogP contribution < -0.4 is 23.7 Å². The standard InChI is InChI=1S/5C21H24O2S.5FH/c5*1-2-15-3-5-16(6-4-15)17-7-9-18(10-8-17)21(22)23-19-11-13-20(24)14-12-19;;;;;/h5*7-16,24H,2-6H2,1H3;5*1H. The fourth-order valence-electron chi connectivity index (χ4n) is 17.4. The topological polar surface area (TPSA) is 132 Å². The first kappa shape index (κ1) is 105. The molecular formula is C105H125F5O10S5. The van der Waals surface area contributed by atoms with Crippen molar-refractivity contribution in [3.05, 3.63) is 298 Å². The summed E-state index contributed by atoms with van der Waals surface area (Å²) in [4.78, 5) is 65.4. The van der Waals surface area contributed by atoms with Gasteiger partial charge in [-0.1, -0.05) is 127 Å². The van der Waals surface area contributed by atoms with Gasteiger partial charge in [0.1, 0.15) is 28.7 Å². The second kappa shape index (κ2) is 54.2. The van der Waals surface area contributed by atoms with E-state index in [0.29, 0.717) is 86.2 Å². The molecule has 10 aromatic rings. The molecule has 10 aromatic carbocycles. The molecule has 20 heteroatoms. The Morgan fingerprint density at radius 3 is 0.432 bits per heavy atom. The number of esters is 5. The molecule has 0 saturated heterocycles.